The predicted octanol–water partition coefficient (Wildman–Crippen LogP) is 2.09. The molecule has 0 amide bonds. The zero-order valence-electron chi connectivity index (χ0n) is 7.46. The average molecular weight is 221 g/mol. The fourth-order valence-electron chi connectivity index (χ4n) is 0.907. The van der Waals surface area contributed by atoms with Crippen LogP contribution in [-0.2, 0) is 11.2 Å². The van der Waals surface area contributed by atoms with Crippen molar-refractivity contribution >= 4 is 5.78 Å². The first kappa shape index (κ1) is 11.6. The summed E-state index contributed by atoms with van der Waals surface area (Å²) in [4.78, 5) is 14.4. The number of alkyl halides is 4. The molecule has 0 spiro atoms. The number of rotatable bonds is 4. The van der Waals surface area contributed by atoms with Crippen LogP contribution in [0.1, 0.15) is 5.69 Å². The van der Waals surface area contributed by atoms with E-state index in [1.165, 1.54) is 24.4 Å². The average Bonchev–Trinajstić information content (AvgIpc) is 2.18. The number of pyridine rings is 1. The van der Waals surface area contributed by atoms with Gasteiger partial charge in [-0.25, -0.2) is 8.78 Å². The fraction of sp³-hybridized carbons (Fsp3) is 0.333. The van der Waals surface area contributed by atoms with Crippen LogP contribution in [0.5, 0.6) is 0 Å². The van der Waals surface area contributed by atoms with Crippen molar-refractivity contribution < 1.29 is 22.4 Å². The van der Waals surface area contributed by atoms with Gasteiger partial charge in [-0.15, -0.1) is 0 Å². The SMILES string of the molecule is O=C(Cc1ccccn1)C(F)(F)C(F)F. The molecule has 0 aliphatic carbocycles. The Kier molecular flexibility index (Phi) is 3.39. The summed E-state index contributed by atoms with van der Waals surface area (Å²) in [7, 11) is 0. The number of nitrogens with zero attached hydrogens (tertiary/aromatic N) is 1. The summed E-state index contributed by atoms with van der Waals surface area (Å²) in [5.74, 6) is -6.42. The summed E-state index contributed by atoms with van der Waals surface area (Å²) in [5.41, 5.74) is 0.0443. The van der Waals surface area contributed by atoms with E-state index in [0.717, 1.165) is 0 Å². The Morgan fingerprint density at radius 1 is 1.40 bits per heavy atom. The van der Waals surface area contributed by atoms with Gasteiger partial charge in [0.05, 0.1) is 6.42 Å². The van der Waals surface area contributed by atoms with Crippen LogP contribution >= 0.6 is 0 Å². The van der Waals surface area contributed by atoms with E-state index < -0.39 is 24.6 Å². The Morgan fingerprint density at radius 3 is 2.53 bits per heavy atom. The van der Waals surface area contributed by atoms with Gasteiger partial charge in [-0.05, 0) is 12.1 Å². The Hall–Kier alpha value is -1.46. The molecule has 0 N–H and O–H groups in total. The maximum atomic E-state index is 12.5. The minimum absolute atomic E-state index is 0.0443. The van der Waals surface area contributed by atoms with E-state index in [0.29, 0.717) is 0 Å². The molecule has 0 aliphatic heterocycles. The number of hydrogen-bond donors (Lipinski definition) is 0. The number of carbonyl (C=O) groups excluding carboxylic acids is 1. The Balaban J connectivity index is 2.72. The summed E-state index contributed by atoms with van der Waals surface area (Å²) in [6.07, 6.45) is -3.48. The molecular weight excluding hydrogens is 214 g/mol. The lowest BCUT2D eigenvalue weighted by atomic mass is 10.1. The molecule has 0 saturated heterocycles. The third-order valence-corrected chi connectivity index (χ3v) is 1.71. The zero-order valence-corrected chi connectivity index (χ0v) is 7.46. The molecule has 0 aliphatic rings. The number of ketones is 1. The molecule has 1 aromatic heterocycles. The number of halogens is 4. The lowest BCUT2D eigenvalue weighted by Crippen LogP contribution is -2.37. The first-order valence-corrected chi connectivity index (χ1v) is 4.03. The van der Waals surface area contributed by atoms with Crippen LogP contribution in [0.25, 0.3) is 0 Å². The van der Waals surface area contributed by atoms with Crippen LogP contribution in [-0.4, -0.2) is 23.1 Å². The van der Waals surface area contributed by atoms with Gasteiger partial charge in [-0.2, -0.15) is 8.78 Å². The quantitative estimate of drug-likeness (QED) is 0.728. The highest BCUT2D eigenvalue weighted by Crippen LogP contribution is 2.25. The van der Waals surface area contributed by atoms with E-state index in [4.69, 9.17) is 0 Å². The van der Waals surface area contributed by atoms with Crippen LogP contribution in [0.15, 0.2) is 24.4 Å². The maximum Gasteiger partial charge on any atom is 0.364 e. The van der Waals surface area contributed by atoms with Crippen molar-refractivity contribution in [3.8, 4) is 0 Å². The second-order valence-corrected chi connectivity index (χ2v) is 2.84. The first-order valence-electron chi connectivity index (χ1n) is 4.03. The largest absolute Gasteiger partial charge is 0.364 e. The molecule has 0 unspecified atom stereocenters. The van der Waals surface area contributed by atoms with Crippen molar-refractivity contribution in [1.82, 2.24) is 4.98 Å². The van der Waals surface area contributed by atoms with E-state index in [-0.39, 0.29) is 5.69 Å². The second kappa shape index (κ2) is 4.37. The zero-order chi connectivity index (χ0) is 11.5. The highest BCUT2D eigenvalue weighted by molar-refractivity contribution is 5.87. The number of Topliss-reactive ketones (excluding diaryl/α,β-unsaturated/α-hetero) is 1. The number of carbonyl (C=O) groups is 1. The molecule has 1 rings (SSSR count). The van der Waals surface area contributed by atoms with Crippen LogP contribution in [0.2, 0.25) is 0 Å². The van der Waals surface area contributed by atoms with E-state index in [2.05, 4.69) is 4.98 Å². The molecule has 0 saturated carbocycles. The van der Waals surface area contributed by atoms with Gasteiger partial charge in [0, 0.05) is 11.9 Å². The normalized spacial score (nSPS) is 11.8. The van der Waals surface area contributed by atoms with E-state index in [1.807, 2.05) is 0 Å². The predicted molar refractivity (Wildman–Crippen MR) is 43.9 cm³/mol. The fourth-order valence-corrected chi connectivity index (χ4v) is 0.907. The van der Waals surface area contributed by atoms with Gasteiger partial charge in [0.25, 0.3) is 0 Å². The maximum absolute atomic E-state index is 12.5. The van der Waals surface area contributed by atoms with Crippen molar-refractivity contribution in [2.75, 3.05) is 0 Å². The van der Waals surface area contributed by atoms with Gasteiger partial charge in [0.2, 0.25) is 5.78 Å². The highest BCUT2D eigenvalue weighted by Gasteiger charge is 2.48. The summed E-state index contributed by atoms with van der Waals surface area (Å²) in [6, 6.07) is 4.33. The second-order valence-electron chi connectivity index (χ2n) is 2.84. The molecule has 15 heavy (non-hydrogen) atoms. The smallest absolute Gasteiger partial charge is 0.292 e. The lowest BCUT2D eigenvalue weighted by Gasteiger charge is -2.12. The van der Waals surface area contributed by atoms with E-state index in [1.54, 1.807) is 0 Å². The molecule has 82 valence electrons. The molecule has 1 heterocycles. The summed E-state index contributed by atoms with van der Waals surface area (Å²) < 4.78 is 48.5. The van der Waals surface area contributed by atoms with Gasteiger partial charge < -0.3 is 0 Å². The van der Waals surface area contributed by atoms with Crippen LogP contribution in [0.3, 0.4) is 0 Å². The van der Waals surface area contributed by atoms with Gasteiger partial charge in [-0.1, -0.05) is 6.07 Å². The van der Waals surface area contributed by atoms with Crippen molar-refractivity contribution in [3.63, 3.8) is 0 Å². The van der Waals surface area contributed by atoms with Crippen molar-refractivity contribution in [3.05, 3.63) is 30.1 Å². The van der Waals surface area contributed by atoms with Gasteiger partial charge >= 0.3 is 12.3 Å². The molecule has 0 aromatic carbocycles. The lowest BCUT2D eigenvalue weighted by molar-refractivity contribution is -0.166. The Labute approximate surface area is 82.9 Å². The Bertz CT molecular complexity index is 339. The molecule has 1 aromatic rings. The van der Waals surface area contributed by atoms with Crippen molar-refractivity contribution in [2.24, 2.45) is 0 Å². The van der Waals surface area contributed by atoms with E-state index in [9.17, 15) is 22.4 Å². The first-order chi connectivity index (χ1) is 6.94. The Morgan fingerprint density at radius 2 is 2.07 bits per heavy atom. The van der Waals surface area contributed by atoms with Gasteiger partial charge in [0.15, 0.2) is 0 Å². The standard InChI is InChI=1S/C9H7F4NO/c10-8(11)9(12,13)7(15)5-6-3-1-2-4-14-6/h1-4,8H,5H2. The van der Waals surface area contributed by atoms with E-state index >= 15 is 0 Å². The van der Waals surface area contributed by atoms with Crippen LogP contribution < -0.4 is 0 Å². The molecule has 6 heteroatoms. The summed E-state index contributed by atoms with van der Waals surface area (Å²) >= 11 is 0. The van der Waals surface area contributed by atoms with Crippen molar-refractivity contribution in [1.29, 1.82) is 0 Å². The molecule has 0 fully saturated rings. The number of hydrogen-bond acceptors (Lipinski definition) is 2. The van der Waals surface area contributed by atoms with Crippen LogP contribution in [0, 0.1) is 0 Å². The monoisotopic (exact) mass is 221 g/mol. The highest BCUT2D eigenvalue weighted by atomic mass is 19.3. The summed E-state index contributed by atoms with van der Waals surface area (Å²) in [5, 5.41) is 0. The molecule has 2 nitrogen and oxygen atoms in total. The summed E-state index contributed by atoms with van der Waals surface area (Å²) in [6.45, 7) is 0. The third kappa shape index (κ3) is 2.74. The molecule has 0 atom stereocenters. The molecule has 0 radical (unpaired) electrons. The van der Waals surface area contributed by atoms with Crippen molar-refractivity contribution in [2.45, 2.75) is 18.8 Å². The minimum atomic E-state index is -4.60. The topological polar surface area (TPSA) is 30.0 Å². The minimum Gasteiger partial charge on any atom is -0.292 e. The van der Waals surface area contributed by atoms with Gasteiger partial charge in [0.1, 0.15) is 0 Å². The number of aromatic nitrogens is 1. The molecular formula is C9H7F4NO. The third-order valence-electron chi connectivity index (χ3n) is 1.71. The van der Waals surface area contributed by atoms with Gasteiger partial charge in [-0.3, -0.25) is 9.78 Å². The van der Waals surface area contributed by atoms with Crippen LogP contribution in [0.4, 0.5) is 17.6 Å². The molecule has 0 bridgehead atoms.